The van der Waals surface area contributed by atoms with E-state index in [-0.39, 0.29) is 11.9 Å². The molecule has 0 bridgehead atoms. The van der Waals surface area contributed by atoms with Gasteiger partial charge in [0.2, 0.25) is 5.91 Å². The van der Waals surface area contributed by atoms with Crippen molar-refractivity contribution < 1.29 is 14.3 Å². The number of carbonyl (C=O) groups is 2. The number of nitrogens with one attached hydrogen (secondary N) is 1. The van der Waals surface area contributed by atoms with E-state index in [0.29, 0.717) is 12.2 Å². The van der Waals surface area contributed by atoms with Gasteiger partial charge < -0.3 is 10.1 Å². The fraction of sp³-hybridized carbons (Fsp3) is 0.385. The second-order valence-corrected chi connectivity index (χ2v) is 5.40. The van der Waals surface area contributed by atoms with Crippen LogP contribution in [0.15, 0.2) is 18.2 Å². The Kier molecular flexibility index (Phi) is 3.34. The minimum atomic E-state index is -0.641. The number of rotatable bonds is 3. The molecule has 2 rings (SSSR count). The van der Waals surface area contributed by atoms with E-state index in [4.69, 9.17) is 4.74 Å². The molecule has 0 radical (unpaired) electrons. The Morgan fingerprint density at radius 1 is 1.50 bits per heavy atom. The van der Waals surface area contributed by atoms with Crippen LogP contribution in [0.4, 0.5) is 5.69 Å². The molecule has 0 aromatic heterocycles. The molecule has 1 aromatic rings. The van der Waals surface area contributed by atoms with E-state index in [9.17, 15) is 9.59 Å². The van der Waals surface area contributed by atoms with Crippen LogP contribution in [0.1, 0.15) is 29.8 Å². The molecule has 1 aromatic carbocycles. The molecule has 0 fully saturated rings. The summed E-state index contributed by atoms with van der Waals surface area (Å²) in [7, 11) is 0. The number of fused-ring (bicyclic) bond motifs is 1. The zero-order valence-corrected chi connectivity index (χ0v) is 11.4. The van der Waals surface area contributed by atoms with E-state index >= 15 is 0 Å². The van der Waals surface area contributed by atoms with Gasteiger partial charge in [-0.15, -0.1) is 11.8 Å². The SMILES string of the molecule is CCOC(=O)c1ccc2c(c1)[C@](C)(SC)C(=O)N2. The van der Waals surface area contributed by atoms with Crippen molar-refractivity contribution in [1.29, 1.82) is 0 Å². The quantitative estimate of drug-likeness (QED) is 0.853. The van der Waals surface area contributed by atoms with Gasteiger partial charge in [-0.3, -0.25) is 4.79 Å². The largest absolute Gasteiger partial charge is 0.462 e. The maximum Gasteiger partial charge on any atom is 0.338 e. The van der Waals surface area contributed by atoms with Crippen LogP contribution in [0, 0.1) is 0 Å². The molecular formula is C13H15NO3S. The standard InChI is InChI=1S/C13H15NO3S/c1-4-17-11(15)8-5-6-10-9(7-8)13(2,18-3)12(16)14-10/h5-7H,4H2,1-3H3,(H,14,16)/t13-/m0/s1. The molecule has 1 N–H and O–H groups in total. The van der Waals surface area contributed by atoms with Gasteiger partial charge in [0.25, 0.3) is 0 Å². The predicted molar refractivity (Wildman–Crippen MR) is 71.9 cm³/mol. The number of benzene rings is 1. The fourth-order valence-electron chi connectivity index (χ4n) is 1.96. The van der Waals surface area contributed by atoms with Crippen molar-refractivity contribution in [3.63, 3.8) is 0 Å². The lowest BCUT2D eigenvalue weighted by Gasteiger charge is -2.19. The van der Waals surface area contributed by atoms with Crippen molar-refractivity contribution in [2.45, 2.75) is 18.6 Å². The third kappa shape index (κ3) is 1.88. The molecule has 0 saturated carbocycles. The van der Waals surface area contributed by atoms with Crippen LogP contribution in [0.2, 0.25) is 0 Å². The normalized spacial score (nSPS) is 21.4. The van der Waals surface area contributed by atoms with E-state index in [1.54, 1.807) is 25.1 Å². The van der Waals surface area contributed by atoms with E-state index in [1.165, 1.54) is 11.8 Å². The lowest BCUT2D eigenvalue weighted by atomic mass is 9.99. The van der Waals surface area contributed by atoms with Gasteiger partial charge in [0.05, 0.1) is 12.2 Å². The number of thioether (sulfide) groups is 1. The fourth-order valence-corrected chi connectivity index (χ4v) is 2.58. The second kappa shape index (κ2) is 4.65. The molecule has 1 amide bonds. The minimum Gasteiger partial charge on any atom is -0.462 e. The molecule has 1 aliphatic heterocycles. The van der Waals surface area contributed by atoms with E-state index < -0.39 is 4.75 Å². The smallest absolute Gasteiger partial charge is 0.338 e. The molecule has 96 valence electrons. The summed E-state index contributed by atoms with van der Waals surface area (Å²) in [4.78, 5) is 23.6. The van der Waals surface area contributed by atoms with Crippen LogP contribution in [-0.2, 0) is 14.3 Å². The summed E-state index contributed by atoms with van der Waals surface area (Å²) in [6, 6.07) is 5.16. The number of hydrogen-bond acceptors (Lipinski definition) is 4. The average Bonchev–Trinajstić information content (AvgIpc) is 2.62. The van der Waals surface area contributed by atoms with Crippen LogP contribution < -0.4 is 5.32 Å². The number of ether oxygens (including phenoxy) is 1. The Morgan fingerprint density at radius 3 is 2.83 bits per heavy atom. The van der Waals surface area contributed by atoms with Gasteiger partial charge >= 0.3 is 5.97 Å². The highest BCUT2D eigenvalue weighted by Gasteiger charge is 2.42. The lowest BCUT2D eigenvalue weighted by Crippen LogP contribution is -2.26. The van der Waals surface area contributed by atoms with Crippen molar-refractivity contribution in [1.82, 2.24) is 0 Å². The number of carbonyl (C=O) groups excluding carboxylic acids is 2. The first kappa shape index (κ1) is 13.0. The van der Waals surface area contributed by atoms with Gasteiger partial charge in [-0.25, -0.2) is 4.79 Å². The molecular weight excluding hydrogens is 250 g/mol. The highest BCUT2D eigenvalue weighted by Crippen LogP contribution is 2.44. The molecule has 1 heterocycles. The maximum absolute atomic E-state index is 11.9. The first-order valence-corrected chi connectivity index (χ1v) is 6.93. The Balaban J connectivity index is 2.44. The number of hydrogen-bond donors (Lipinski definition) is 1. The predicted octanol–water partition coefficient (Wildman–Crippen LogP) is 2.39. The van der Waals surface area contributed by atoms with Gasteiger partial charge in [-0.1, -0.05) is 0 Å². The first-order chi connectivity index (χ1) is 8.52. The van der Waals surface area contributed by atoms with Crippen molar-refractivity contribution >= 4 is 29.3 Å². The molecule has 0 saturated heterocycles. The molecule has 0 aliphatic carbocycles. The Morgan fingerprint density at radius 2 is 2.22 bits per heavy atom. The van der Waals surface area contributed by atoms with E-state index in [2.05, 4.69) is 5.32 Å². The van der Waals surface area contributed by atoms with Crippen LogP contribution in [-0.4, -0.2) is 24.7 Å². The zero-order valence-electron chi connectivity index (χ0n) is 10.6. The lowest BCUT2D eigenvalue weighted by molar-refractivity contribution is -0.117. The molecule has 1 aliphatic rings. The van der Waals surface area contributed by atoms with Crippen LogP contribution >= 0.6 is 11.8 Å². The van der Waals surface area contributed by atoms with Crippen LogP contribution in [0.3, 0.4) is 0 Å². The summed E-state index contributed by atoms with van der Waals surface area (Å²) >= 11 is 1.46. The number of esters is 1. The third-order valence-electron chi connectivity index (χ3n) is 3.13. The Bertz CT molecular complexity index is 515. The monoisotopic (exact) mass is 265 g/mol. The topological polar surface area (TPSA) is 55.4 Å². The molecule has 0 unspecified atom stereocenters. The Hall–Kier alpha value is -1.49. The highest BCUT2D eigenvalue weighted by molar-refractivity contribution is 8.00. The van der Waals surface area contributed by atoms with Crippen LogP contribution in [0.5, 0.6) is 0 Å². The van der Waals surface area contributed by atoms with Gasteiger partial charge in [0.15, 0.2) is 0 Å². The molecule has 4 nitrogen and oxygen atoms in total. The summed E-state index contributed by atoms with van der Waals surface area (Å²) in [5, 5.41) is 2.83. The van der Waals surface area contributed by atoms with Crippen LogP contribution in [0.25, 0.3) is 0 Å². The Labute approximate surface area is 110 Å². The summed E-state index contributed by atoms with van der Waals surface area (Å²) in [5.74, 6) is -0.408. The summed E-state index contributed by atoms with van der Waals surface area (Å²) in [6.07, 6.45) is 1.88. The van der Waals surface area contributed by atoms with Gasteiger partial charge in [-0.05, 0) is 38.3 Å². The zero-order chi connectivity index (χ0) is 13.3. The van der Waals surface area contributed by atoms with Gasteiger partial charge in [-0.2, -0.15) is 0 Å². The molecule has 5 heteroatoms. The van der Waals surface area contributed by atoms with Gasteiger partial charge in [0.1, 0.15) is 4.75 Å². The maximum atomic E-state index is 11.9. The second-order valence-electron chi connectivity index (χ2n) is 4.17. The third-order valence-corrected chi connectivity index (χ3v) is 4.36. The van der Waals surface area contributed by atoms with E-state index in [0.717, 1.165) is 11.3 Å². The molecule has 1 atom stereocenters. The molecule has 18 heavy (non-hydrogen) atoms. The van der Waals surface area contributed by atoms with Crippen molar-refractivity contribution in [2.75, 3.05) is 18.2 Å². The molecule has 0 spiro atoms. The van der Waals surface area contributed by atoms with Crippen molar-refractivity contribution in [3.05, 3.63) is 29.3 Å². The van der Waals surface area contributed by atoms with Gasteiger partial charge in [0, 0.05) is 11.3 Å². The van der Waals surface area contributed by atoms with Crippen molar-refractivity contribution in [3.8, 4) is 0 Å². The number of anilines is 1. The highest BCUT2D eigenvalue weighted by atomic mass is 32.2. The first-order valence-electron chi connectivity index (χ1n) is 5.71. The van der Waals surface area contributed by atoms with E-state index in [1.807, 2.05) is 13.2 Å². The minimum absolute atomic E-state index is 0.0500. The summed E-state index contributed by atoms with van der Waals surface area (Å²) in [5.41, 5.74) is 2.09. The average molecular weight is 265 g/mol. The number of amides is 1. The summed E-state index contributed by atoms with van der Waals surface area (Å²) < 4.78 is 4.32. The summed E-state index contributed by atoms with van der Waals surface area (Å²) in [6.45, 7) is 3.96. The van der Waals surface area contributed by atoms with Crippen molar-refractivity contribution in [2.24, 2.45) is 0 Å².